The summed E-state index contributed by atoms with van der Waals surface area (Å²) in [5, 5.41) is 2.09. The molecule has 2 rings (SSSR count). The smallest absolute Gasteiger partial charge is 0.0387 e. The summed E-state index contributed by atoms with van der Waals surface area (Å²) in [6.45, 7) is 0.619. The van der Waals surface area contributed by atoms with E-state index in [1.165, 1.54) is 16.0 Å². The summed E-state index contributed by atoms with van der Waals surface area (Å²) in [7, 11) is 0. The van der Waals surface area contributed by atoms with Crippen LogP contribution in [0.3, 0.4) is 0 Å². The van der Waals surface area contributed by atoms with Gasteiger partial charge in [-0.15, -0.1) is 11.3 Å². The normalized spacial score (nSPS) is 10.2. The first-order chi connectivity index (χ1) is 6.42. The van der Waals surface area contributed by atoms with Gasteiger partial charge < -0.3 is 5.73 Å². The van der Waals surface area contributed by atoms with E-state index >= 15 is 0 Å². The summed E-state index contributed by atoms with van der Waals surface area (Å²) in [6.07, 6.45) is 0. The Morgan fingerprint density at radius 2 is 1.85 bits per heavy atom. The lowest BCUT2D eigenvalue weighted by Crippen LogP contribution is -1.95. The second-order valence-corrected chi connectivity index (χ2v) is 3.76. The van der Waals surface area contributed by atoms with Crippen molar-refractivity contribution in [2.45, 2.75) is 6.54 Å². The highest BCUT2D eigenvalue weighted by molar-refractivity contribution is 7.13. The minimum atomic E-state index is 0.619. The summed E-state index contributed by atoms with van der Waals surface area (Å²) < 4.78 is 0. The molecule has 0 aliphatic rings. The average Bonchev–Trinajstić information content (AvgIpc) is 2.67. The number of benzene rings is 1. The van der Waals surface area contributed by atoms with Gasteiger partial charge in [-0.2, -0.15) is 0 Å². The van der Waals surface area contributed by atoms with Gasteiger partial charge in [0, 0.05) is 11.4 Å². The van der Waals surface area contributed by atoms with Gasteiger partial charge in [-0.25, -0.2) is 0 Å². The monoisotopic (exact) mass is 189 g/mol. The van der Waals surface area contributed by atoms with Gasteiger partial charge in [0.2, 0.25) is 0 Å². The molecule has 1 aromatic heterocycles. The number of hydrogen-bond acceptors (Lipinski definition) is 2. The molecule has 0 saturated carbocycles. The Morgan fingerprint density at radius 3 is 2.54 bits per heavy atom. The number of thiophene rings is 1. The van der Waals surface area contributed by atoms with Gasteiger partial charge in [0.15, 0.2) is 0 Å². The van der Waals surface area contributed by atoms with E-state index in [1.807, 2.05) is 6.07 Å². The molecule has 0 saturated heterocycles. The van der Waals surface area contributed by atoms with Crippen molar-refractivity contribution in [2.75, 3.05) is 0 Å². The van der Waals surface area contributed by atoms with Crippen molar-refractivity contribution in [2.24, 2.45) is 5.73 Å². The highest BCUT2D eigenvalue weighted by atomic mass is 32.1. The van der Waals surface area contributed by atoms with Crippen molar-refractivity contribution in [1.29, 1.82) is 0 Å². The third-order valence-corrected chi connectivity index (χ3v) is 3.01. The lowest BCUT2D eigenvalue weighted by Gasteiger charge is -2.00. The van der Waals surface area contributed by atoms with Crippen molar-refractivity contribution >= 4 is 11.3 Å². The summed E-state index contributed by atoms with van der Waals surface area (Å²) in [6, 6.07) is 12.5. The van der Waals surface area contributed by atoms with Gasteiger partial charge in [-0.05, 0) is 22.6 Å². The van der Waals surface area contributed by atoms with Crippen LogP contribution in [0.15, 0.2) is 41.8 Å². The first-order valence-corrected chi connectivity index (χ1v) is 5.11. The molecular formula is C11H11NS. The Kier molecular flexibility index (Phi) is 2.43. The molecule has 2 N–H and O–H groups in total. The van der Waals surface area contributed by atoms with Crippen molar-refractivity contribution in [3.63, 3.8) is 0 Å². The lowest BCUT2D eigenvalue weighted by molar-refractivity contribution is 1.08. The predicted octanol–water partition coefficient (Wildman–Crippen LogP) is 2.87. The SMILES string of the molecule is NCc1ccsc1-c1ccccc1. The molecule has 2 aromatic rings. The fourth-order valence-electron chi connectivity index (χ4n) is 1.34. The Balaban J connectivity index is 2.47. The molecule has 0 aliphatic heterocycles. The molecule has 66 valence electrons. The summed E-state index contributed by atoms with van der Waals surface area (Å²) in [5.41, 5.74) is 8.13. The standard InChI is InChI=1S/C11H11NS/c12-8-10-6-7-13-11(10)9-4-2-1-3-5-9/h1-7H,8,12H2. The second kappa shape index (κ2) is 3.73. The third-order valence-electron chi connectivity index (χ3n) is 2.00. The van der Waals surface area contributed by atoms with E-state index in [4.69, 9.17) is 5.73 Å². The van der Waals surface area contributed by atoms with Crippen LogP contribution < -0.4 is 5.73 Å². The highest BCUT2D eigenvalue weighted by Crippen LogP contribution is 2.28. The van der Waals surface area contributed by atoms with E-state index < -0.39 is 0 Å². The number of hydrogen-bond donors (Lipinski definition) is 1. The van der Waals surface area contributed by atoms with E-state index in [-0.39, 0.29) is 0 Å². The van der Waals surface area contributed by atoms with E-state index in [0.717, 1.165) is 0 Å². The van der Waals surface area contributed by atoms with Crippen LogP contribution in [0.25, 0.3) is 10.4 Å². The van der Waals surface area contributed by atoms with Crippen LogP contribution in [0, 0.1) is 0 Å². The first-order valence-electron chi connectivity index (χ1n) is 4.23. The zero-order valence-corrected chi connectivity index (χ0v) is 8.05. The first kappa shape index (κ1) is 8.48. The van der Waals surface area contributed by atoms with Gasteiger partial charge in [-0.3, -0.25) is 0 Å². The maximum absolute atomic E-state index is 5.64. The summed E-state index contributed by atoms with van der Waals surface area (Å²) >= 11 is 1.75. The Bertz CT molecular complexity index is 378. The highest BCUT2D eigenvalue weighted by Gasteiger charge is 2.03. The Morgan fingerprint density at radius 1 is 1.08 bits per heavy atom. The third kappa shape index (κ3) is 1.64. The molecule has 2 heteroatoms. The van der Waals surface area contributed by atoms with Crippen LogP contribution in [0.4, 0.5) is 0 Å². The molecule has 0 radical (unpaired) electrons. The number of rotatable bonds is 2. The van der Waals surface area contributed by atoms with Gasteiger partial charge >= 0.3 is 0 Å². The Hall–Kier alpha value is -1.12. The minimum Gasteiger partial charge on any atom is -0.326 e. The fraction of sp³-hybridized carbons (Fsp3) is 0.0909. The molecule has 0 aliphatic carbocycles. The zero-order valence-electron chi connectivity index (χ0n) is 7.23. The van der Waals surface area contributed by atoms with E-state index in [0.29, 0.717) is 6.54 Å². The summed E-state index contributed by atoms with van der Waals surface area (Å²) in [5.74, 6) is 0. The predicted molar refractivity (Wildman–Crippen MR) is 57.6 cm³/mol. The van der Waals surface area contributed by atoms with Crippen molar-refractivity contribution < 1.29 is 0 Å². The van der Waals surface area contributed by atoms with Crippen molar-refractivity contribution in [1.82, 2.24) is 0 Å². The molecule has 1 aromatic carbocycles. The molecular weight excluding hydrogens is 178 g/mol. The van der Waals surface area contributed by atoms with Crippen LogP contribution in [-0.2, 0) is 6.54 Å². The molecule has 0 unspecified atom stereocenters. The van der Waals surface area contributed by atoms with Crippen LogP contribution >= 0.6 is 11.3 Å². The van der Waals surface area contributed by atoms with Crippen molar-refractivity contribution in [3.8, 4) is 10.4 Å². The fourth-order valence-corrected chi connectivity index (χ4v) is 2.28. The van der Waals surface area contributed by atoms with Crippen LogP contribution in [0.5, 0.6) is 0 Å². The van der Waals surface area contributed by atoms with Gasteiger partial charge in [0.1, 0.15) is 0 Å². The molecule has 0 spiro atoms. The molecule has 1 heterocycles. The van der Waals surface area contributed by atoms with E-state index in [2.05, 4.69) is 35.7 Å². The van der Waals surface area contributed by atoms with E-state index in [1.54, 1.807) is 11.3 Å². The van der Waals surface area contributed by atoms with Crippen LogP contribution in [-0.4, -0.2) is 0 Å². The molecule has 0 amide bonds. The molecule has 13 heavy (non-hydrogen) atoms. The zero-order chi connectivity index (χ0) is 9.10. The molecule has 0 atom stereocenters. The average molecular weight is 189 g/mol. The second-order valence-electron chi connectivity index (χ2n) is 2.85. The van der Waals surface area contributed by atoms with Gasteiger partial charge in [-0.1, -0.05) is 30.3 Å². The van der Waals surface area contributed by atoms with Crippen molar-refractivity contribution in [3.05, 3.63) is 47.3 Å². The molecule has 0 fully saturated rings. The minimum absolute atomic E-state index is 0.619. The maximum atomic E-state index is 5.64. The van der Waals surface area contributed by atoms with Gasteiger partial charge in [0.05, 0.1) is 0 Å². The maximum Gasteiger partial charge on any atom is 0.0387 e. The lowest BCUT2D eigenvalue weighted by atomic mass is 10.1. The molecule has 0 bridgehead atoms. The summed E-state index contributed by atoms with van der Waals surface area (Å²) in [4.78, 5) is 1.29. The molecule has 1 nitrogen and oxygen atoms in total. The Labute approximate surface area is 81.8 Å². The van der Waals surface area contributed by atoms with Gasteiger partial charge in [0.25, 0.3) is 0 Å². The van der Waals surface area contributed by atoms with Crippen LogP contribution in [0.1, 0.15) is 5.56 Å². The topological polar surface area (TPSA) is 26.0 Å². The number of nitrogens with two attached hydrogens (primary N) is 1. The van der Waals surface area contributed by atoms with Crippen LogP contribution in [0.2, 0.25) is 0 Å². The van der Waals surface area contributed by atoms with E-state index in [9.17, 15) is 0 Å². The largest absolute Gasteiger partial charge is 0.326 e. The quantitative estimate of drug-likeness (QED) is 0.772.